The minimum absolute atomic E-state index is 0.306. The summed E-state index contributed by atoms with van der Waals surface area (Å²) in [5.41, 5.74) is 1.58. The van der Waals surface area contributed by atoms with E-state index in [9.17, 15) is 9.18 Å². The Morgan fingerprint density at radius 3 is 2.43 bits per heavy atom. The number of aromatic carboxylic acids is 1. The van der Waals surface area contributed by atoms with E-state index in [0.717, 1.165) is 13.0 Å². The Balaban J connectivity index is 1.82. The summed E-state index contributed by atoms with van der Waals surface area (Å²) in [4.78, 5) is 10.7. The van der Waals surface area contributed by atoms with Crippen molar-refractivity contribution in [3.05, 3.63) is 70.0 Å². The molecule has 0 aliphatic heterocycles. The van der Waals surface area contributed by atoms with Crippen molar-refractivity contribution in [1.29, 1.82) is 0 Å². The fourth-order valence-electron chi connectivity index (χ4n) is 1.96. The van der Waals surface area contributed by atoms with E-state index in [0.29, 0.717) is 17.1 Å². The first-order valence-electron chi connectivity index (χ1n) is 6.53. The van der Waals surface area contributed by atoms with Gasteiger partial charge in [-0.2, -0.15) is 0 Å². The topological polar surface area (TPSA) is 49.3 Å². The standard InChI is InChI=1S/C16H15ClFNO2/c17-13-4-1-11(2-5-13)7-8-19-10-12-3-6-14(16(20)21)15(18)9-12/h1-6,9,19H,7-8,10H2,(H,20,21). The molecule has 0 bridgehead atoms. The zero-order valence-electron chi connectivity index (χ0n) is 11.3. The zero-order chi connectivity index (χ0) is 15.2. The normalized spacial score (nSPS) is 10.6. The van der Waals surface area contributed by atoms with Crippen molar-refractivity contribution in [3.8, 4) is 0 Å². The lowest BCUT2D eigenvalue weighted by Gasteiger charge is -2.06. The summed E-state index contributed by atoms with van der Waals surface area (Å²) >= 11 is 5.81. The average molecular weight is 308 g/mol. The van der Waals surface area contributed by atoms with E-state index < -0.39 is 11.8 Å². The Morgan fingerprint density at radius 2 is 1.81 bits per heavy atom. The van der Waals surface area contributed by atoms with Gasteiger partial charge in [0.05, 0.1) is 5.56 Å². The maximum atomic E-state index is 13.5. The lowest BCUT2D eigenvalue weighted by Crippen LogP contribution is -2.17. The summed E-state index contributed by atoms with van der Waals surface area (Å²) in [5, 5.41) is 12.7. The van der Waals surface area contributed by atoms with E-state index in [-0.39, 0.29) is 5.56 Å². The van der Waals surface area contributed by atoms with Gasteiger partial charge in [0.1, 0.15) is 5.82 Å². The Kier molecular flexibility index (Phi) is 5.31. The molecule has 0 spiro atoms. The predicted octanol–water partition coefficient (Wildman–Crippen LogP) is 3.51. The van der Waals surface area contributed by atoms with Crippen LogP contribution in [-0.4, -0.2) is 17.6 Å². The highest BCUT2D eigenvalue weighted by Crippen LogP contribution is 2.11. The molecule has 0 radical (unpaired) electrons. The van der Waals surface area contributed by atoms with E-state index in [2.05, 4.69) is 5.32 Å². The minimum Gasteiger partial charge on any atom is -0.478 e. The predicted molar refractivity (Wildman–Crippen MR) is 80.2 cm³/mol. The molecule has 0 saturated carbocycles. The highest BCUT2D eigenvalue weighted by atomic mass is 35.5. The third-order valence-electron chi connectivity index (χ3n) is 3.10. The van der Waals surface area contributed by atoms with Crippen molar-refractivity contribution in [3.63, 3.8) is 0 Å². The van der Waals surface area contributed by atoms with E-state index in [1.165, 1.54) is 17.7 Å². The highest BCUT2D eigenvalue weighted by molar-refractivity contribution is 6.30. The molecule has 2 aromatic carbocycles. The van der Waals surface area contributed by atoms with Crippen molar-refractivity contribution >= 4 is 17.6 Å². The molecular weight excluding hydrogens is 293 g/mol. The molecule has 0 aromatic heterocycles. The molecule has 110 valence electrons. The first-order valence-corrected chi connectivity index (χ1v) is 6.91. The number of halogens is 2. The second-order valence-corrected chi connectivity index (χ2v) is 5.11. The third kappa shape index (κ3) is 4.55. The second-order valence-electron chi connectivity index (χ2n) is 4.67. The molecule has 2 rings (SSSR count). The van der Waals surface area contributed by atoms with Gasteiger partial charge in [0.2, 0.25) is 0 Å². The van der Waals surface area contributed by atoms with Crippen LogP contribution in [0.3, 0.4) is 0 Å². The van der Waals surface area contributed by atoms with Crippen LogP contribution >= 0.6 is 11.6 Å². The fraction of sp³-hybridized carbons (Fsp3) is 0.188. The van der Waals surface area contributed by atoms with Gasteiger partial charge in [-0.05, 0) is 48.4 Å². The Bertz CT molecular complexity index is 629. The van der Waals surface area contributed by atoms with E-state index in [1.807, 2.05) is 24.3 Å². The van der Waals surface area contributed by atoms with Crippen LogP contribution in [0.5, 0.6) is 0 Å². The van der Waals surface area contributed by atoms with Gasteiger partial charge in [-0.25, -0.2) is 9.18 Å². The van der Waals surface area contributed by atoms with Gasteiger partial charge in [-0.3, -0.25) is 0 Å². The molecular formula is C16H15ClFNO2. The average Bonchev–Trinajstić information content (AvgIpc) is 2.45. The number of carboxylic acid groups (broad SMARTS) is 1. The van der Waals surface area contributed by atoms with Crippen molar-refractivity contribution in [1.82, 2.24) is 5.32 Å². The number of hydrogen-bond donors (Lipinski definition) is 2. The van der Waals surface area contributed by atoms with Gasteiger partial charge in [0.15, 0.2) is 0 Å². The SMILES string of the molecule is O=C(O)c1ccc(CNCCc2ccc(Cl)cc2)cc1F. The smallest absolute Gasteiger partial charge is 0.338 e. The molecule has 21 heavy (non-hydrogen) atoms. The minimum atomic E-state index is -1.25. The van der Waals surface area contributed by atoms with Gasteiger partial charge >= 0.3 is 5.97 Å². The van der Waals surface area contributed by atoms with Gasteiger partial charge in [-0.1, -0.05) is 29.8 Å². The monoisotopic (exact) mass is 307 g/mol. The Morgan fingerprint density at radius 1 is 1.14 bits per heavy atom. The maximum Gasteiger partial charge on any atom is 0.338 e. The summed E-state index contributed by atoms with van der Waals surface area (Å²) in [6, 6.07) is 11.8. The number of rotatable bonds is 6. The van der Waals surface area contributed by atoms with Crippen molar-refractivity contribution in [2.75, 3.05) is 6.54 Å². The largest absolute Gasteiger partial charge is 0.478 e. The summed E-state index contributed by atoms with van der Waals surface area (Å²) in [7, 11) is 0. The fourth-order valence-corrected chi connectivity index (χ4v) is 2.08. The highest BCUT2D eigenvalue weighted by Gasteiger charge is 2.09. The Labute approximate surface area is 127 Å². The Hall–Kier alpha value is -1.91. The molecule has 0 heterocycles. The number of nitrogens with one attached hydrogen (secondary N) is 1. The van der Waals surface area contributed by atoms with Crippen LogP contribution in [0.25, 0.3) is 0 Å². The van der Waals surface area contributed by atoms with Gasteiger partial charge in [0.25, 0.3) is 0 Å². The molecule has 2 aromatic rings. The van der Waals surface area contributed by atoms with Crippen molar-refractivity contribution < 1.29 is 14.3 Å². The summed E-state index contributed by atoms with van der Waals surface area (Å²) in [6.45, 7) is 1.23. The van der Waals surface area contributed by atoms with Gasteiger partial charge in [-0.15, -0.1) is 0 Å². The van der Waals surface area contributed by atoms with Crippen LogP contribution in [0.4, 0.5) is 4.39 Å². The van der Waals surface area contributed by atoms with Gasteiger partial charge in [0, 0.05) is 11.6 Å². The third-order valence-corrected chi connectivity index (χ3v) is 3.35. The molecule has 2 N–H and O–H groups in total. The summed E-state index contributed by atoms with van der Waals surface area (Å²) in [5.74, 6) is -1.96. The van der Waals surface area contributed by atoms with Crippen molar-refractivity contribution in [2.45, 2.75) is 13.0 Å². The molecule has 5 heteroatoms. The maximum absolute atomic E-state index is 13.5. The van der Waals surface area contributed by atoms with Crippen LogP contribution in [0, 0.1) is 5.82 Å². The number of benzene rings is 2. The van der Waals surface area contributed by atoms with Gasteiger partial charge < -0.3 is 10.4 Å². The molecule has 0 atom stereocenters. The zero-order valence-corrected chi connectivity index (χ0v) is 12.0. The number of carboxylic acids is 1. The molecule has 3 nitrogen and oxygen atoms in total. The lowest BCUT2D eigenvalue weighted by molar-refractivity contribution is 0.0692. The number of hydrogen-bond acceptors (Lipinski definition) is 2. The molecule has 0 aliphatic carbocycles. The summed E-state index contributed by atoms with van der Waals surface area (Å²) in [6.07, 6.45) is 0.840. The lowest BCUT2D eigenvalue weighted by atomic mass is 10.1. The molecule has 0 amide bonds. The van der Waals surface area contributed by atoms with E-state index in [4.69, 9.17) is 16.7 Å². The summed E-state index contributed by atoms with van der Waals surface area (Å²) < 4.78 is 13.5. The molecule has 0 saturated heterocycles. The second kappa shape index (κ2) is 7.20. The van der Waals surface area contributed by atoms with Crippen LogP contribution in [0.1, 0.15) is 21.5 Å². The van der Waals surface area contributed by atoms with Crippen LogP contribution < -0.4 is 5.32 Å². The van der Waals surface area contributed by atoms with Crippen LogP contribution in [-0.2, 0) is 13.0 Å². The first-order chi connectivity index (χ1) is 10.1. The molecule has 0 aliphatic rings. The first kappa shape index (κ1) is 15.5. The number of carbonyl (C=O) groups is 1. The van der Waals surface area contributed by atoms with E-state index in [1.54, 1.807) is 6.07 Å². The molecule has 0 fully saturated rings. The van der Waals surface area contributed by atoms with E-state index >= 15 is 0 Å². The van der Waals surface area contributed by atoms with Crippen LogP contribution in [0.15, 0.2) is 42.5 Å². The molecule has 0 unspecified atom stereocenters. The van der Waals surface area contributed by atoms with Crippen LogP contribution in [0.2, 0.25) is 5.02 Å². The quantitative estimate of drug-likeness (QED) is 0.803. The van der Waals surface area contributed by atoms with Crippen molar-refractivity contribution in [2.24, 2.45) is 0 Å².